The van der Waals surface area contributed by atoms with E-state index in [1.807, 2.05) is 49.4 Å². The second kappa shape index (κ2) is 8.83. The Balaban J connectivity index is 1.70. The van der Waals surface area contributed by atoms with Crippen molar-refractivity contribution in [2.24, 2.45) is 0 Å². The molecule has 4 rings (SSSR count). The van der Waals surface area contributed by atoms with E-state index in [2.05, 4.69) is 10.3 Å². The Morgan fingerprint density at radius 2 is 1.81 bits per heavy atom. The monoisotopic (exact) mass is 413 g/mol. The molecular formula is C25H23N3O3. The fraction of sp³-hybridized carbons (Fsp3) is 0.160. The van der Waals surface area contributed by atoms with Crippen molar-refractivity contribution in [1.82, 2.24) is 9.55 Å². The molecule has 0 fully saturated rings. The summed E-state index contributed by atoms with van der Waals surface area (Å²) in [5.74, 6) is 0.256. The van der Waals surface area contributed by atoms with Crippen LogP contribution in [0.3, 0.4) is 0 Å². The SMILES string of the molecule is CCOc1ccccc1NC(=O)c1cc2c(=O)n(Cc3ccccc3)ccc2nc1C. The topological polar surface area (TPSA) is 73.2 Å². The van der Waals surface area contributed by atoms with Gasteiger partial charge in [0.25, 0.3) is 11.5 Å². The van der Waals surface area contributed by atoms with Crippen molar-refractivity contribution in [2.75, 3.05) is 11.9 Å². The standard InChI is InChI=1S/C25H23N3O3/c1-3-31-23-12-8-7-11-22(23)27-24(29)19-15-20-21(26-17(19)2)13-14-28(25(20)30)16-18-9-5-4-6-10-18/h4-15H,3,16H2,1-2H3,(H,27,29). The van der Waals surface area contributed by atoms with Crippen molar-refractivity contribution in [2.45, 2.75) is 20.4 Å². The van der Waals surface area contributed by atoms with Crippen LogP contribution in [0.2, 0.25) is 0 Å². The van der Waals surface area contributed by atoms with Crippen LogP contribution in [0.4, 0.5) is 5.69 Å². The van der Waals surface area contributed by atoms with Crippen LogP contribution >= 0.6 is 0 Å². The van der Waals surface area contributed by atoms with E-state index >= 15 is 0 Å². The van der Waals surface area contributed by atoms with Gasteiger partial charge in [0.1, 0.15) is 5.75 Å². The number of hydrogen-bond acceptors (Lipinski definition) is 4. The van der Waals surface area contributed by atoms with Crippen LogP contribution in [0.5, 0.6) is 5.75 Å². The molecule has 0 radical (unpaired) electrons. The molecule has 0 unspecified atom stereocenters. The first kappa shape index (κ1) is 20.3. The van der Waals surface area contributed by atoms with Gasteiger partial charge in [0.05, 0.1) is 41.0 Å². The molecule has 0 atom stereocenters. The van der Waals surface area contributed by atoms with Crippen LogP contribution in [0.25, 0.3) is 10.9 Å². The first-order valence-electron chi connectivity index (χ1n) is 10.1. The number of ether oxygens (including phenoxy) is 1. The number of amides is 1. The van der Waals surface area contributed by atoms with E-state index in [-0.39, 0.29) is 11.5 Å². The summed E-state index contributed by atoms with van der Waals surface area (Å²) in [6, 6.07) is 20.4. The number of hydrogen-bond donors (Lipinski definition) is 1. The molecule has 2 heterocycles. The number of carbonyl (C=O) groups is 1. The molecule has 0 spiro atoms. The molecule has 0 aliphatic carbocycles. The van der Waals surface area contributed by atoms with Crippen LogP contribution < -0.4 is 15.6 Å². The average molecular weight is 413 g/mol. The summed E-state index contributed by atoms with van der Waals surface area (Å²) in [6.07, 6.45) is 1.74. The third-order valence-corrected chi connectivity index (χ3v) is 5.02. The number of nitrogens with zero attached hydrogens (tertiary/aromatic N) is 2. The van der Waals surface area contributed by atoms with E-state index in [9.17, 15) is 9.59 Å². The number of nitrogens with one attached hydrogen (secondary N) is 1. The molecule has 0 saturated heterocycles. The number of rotatable bonds is 6. The minimum atomic E-state index is -0.336. The van der Waals surface area contributed by atoms with Gasteiger partial charge in [-0.25, -0.2) is 0 Å². The summed E-state index contributed by atoms with van der Waals surface area (Å²) in [6.45, 7) is 4.59. The van der Waals surface area contributed by atoms with Gasteiger partial charge in [-0.3, -0.25) is 14.6 Å². The quantitative estimate of drug-likeness (QED) is 0.508. The van der Waals surface area contributed by atoms with Gasteiger partial charge < -0.3 is 14.6 Å². The van der Waals surface area contributed by atoms with Gasteiger partial charge in [-0.2, -0.15) is 0 Å². The number of benzene rings is 2. The number of carbonyl (C=O) groups excluding carboxylic acids is 1. The zero-order valence-corrected chi connectivity index (χ0v) is 17.5. The lowest BCUT2D eigenvalue weighted by molar-refractivity contribution is 0.102. The summed E-state index contributed by atoms with van der Waals surface area (Å²) in [4.78, 5) is 30.6. The van der Waals surface area contributed by atoms with Crippen molar-refractivity contribution in [3.8, 4) is 5.75 Å². The Bertz CT molecular complexity index is 1300. The lowest BCUT2D eigenvalue weighted by Crippen LogP contribution is -2.22. The van der Waals surface area contributed by atoms with Crippen LogP contribution in [-0.4, -0.2) is 22.1 Å². The van der Waals surface area contributed by atoms with E-state index in [0.717, 1.165) is 5.56 Å². The van der Waals surface area contributed by atoms with Crippen molar-refractivity contribution in [3.63, 3.8) is 0 Å². The number of anilines is 1. The highest BCUT2D eigenvalue weighted by molar-refractivity contribution is 6.07. The largest absolute Gasteiger partial charge is 0.492 e. The molecule has 4 aromatic rings. The van der Waals surface area contributed by atoms with Crippen molar-refractivity contribution in [1.29, 1.82) is 0 Å². The highest BCUT2D eigenvalue weighted by atomic mass is 16.5. The van der Waals surface area contributed by atoms with Gasteiger partial charge in [0, 0.05) is 6.20 Å². The van der Waals surface area contributed by atoms with Gasteiger partial charge in [-0.1, -0.05) is 42.5 Å². The molecule has 0 saturated carbocycles. The molecule has 0 aliphatic heterocycles. The van der Waals surface area contributed by atoms with E-state index in [4.69, 9.17) is 4.74 Å². The van der Waals surface area contributed by atoms with Crippen molar-refractivity contribution < 1.29 is 9.53 Å². The Labute approximate surface area is 180 Å². The Morgan fingerprint density at radius 1 is 1.06 bits per heavy atom. The maximum Gasteiger partial charge on any atom is 0.260 e. The lowest BCUT2D eigenvalue weighted by Gasteiger charge is -2.13. The fourth-order valence-electron chi connectivity index (χ4n) is 3.48. The molecule has 0 bridgehead atoms. The molecule has 6 nitrogen and oxygen atoms in total. The van der Waals surface area contributed by atoms with Crippen LogP contribution in [-0.2, 0) is 6.54 Å². The van der Waals surface area contributed by atoms with Gasteiger partial charge in [-0.15, -0.1) is 0 Å². The van der Waals surface area contributed by atoms with Crippen LogP contribution in [0.1, 0.15) is 28.5 Å². The average Bonchev–Trinajstić information content (AvgIpc) is 2.77. The molecule has 6 heteroatoms. The number of fused-ring (bicyclic) bond motifs is 1. The zero-order chi connectivity index (χ0) is 21.8. The summed E-state index contributed by atoms with van der Waals surface area (Å²) in [5, 5.41) is 3.29. The highest BCUT2D eigenvalue weighted by Crippen LogP contribution is 2.25. The summed E-state index contributed by atoms with van der Waals surface area (Å²) in [5.41, 5.74) is 2.89. The molecule has 2 aromatic carbocycles. The number of para-hydroxylation sites is 2. The highest BCUT2D eigenvalue weighted by Gasteiger charge is 2.16. The molecule has 156 valence electrons. The van der Waals surface area contributed by atoms with Gasteiger partial charge in [0.2, 0.25) is 0 Å². The zero-order valence-electron chi connectivity index (χ0n) is 17.5. The number of pyridine rings is 2. The van der Waals surface area contributed by atoms with E-state index in [0.29, 0.717) is 46.7 Å². The Kier molecular flexibility index (Phi) is 5.80. The summed E-state index contributed by atoms with van der Waals surface area (Å²) >= 11 is 0. The first-order chi connectivity index (χ1) is 15.1. The predicted molar refractivity (Wildman–Crippen MR) is 122 cm³/mol. The Hall–Kier alpha value is -3.93. The normalized spacial score (nSPS) is 10.8. The predicted octanol–water partition coefficient (Wildman–Crippen LogP) is 4.40. The molecule has 0 aliphatic rings. The van der Waals surface area contributed by atoms with Gasteiger partial charge >= 0.3 is 0 Å². The van der Waals surface area contributed by atoms with Crippen molar-refractivity contribution in [3.05, 3.63) is 100 Å². The molecule has 31 heavy (non-hydrogen) atoms. The maximum atomic E-state index is 13.1. The second-order valence-corrected chi connectivity index (χ2v) is 7.17. The fourth-order valence-corrected chi connectivity index (χ4v) is 3.48. The molecule has 1 N–H and O–H groups in total. The minimum absolute atomic E-state index is 0.183. The van der Waals surface area contributed by atoms with Crippen molar-refractivity contribution >= 4 is 22.5 Å². The van der Waals surface area contributed by atoms with E-state index in [1.54, 1.807) is 42.0 Å². The van der Waals surface area contributed by atoms with E-state index in [1.165, 1.54) is 0 Å². The van der Waals surface area contributed by atoms with Gasteiger partial charge in [0.15, 0.2) is 0 Å². The number of aromatic nitrogens is 2. The van der Waals surface area contributed by atoms with Gasteiger partial charge in [-0.05, 0) is 43.7 Å². The van der Waals surface area contributed by atoms with Crippen LogP contribution in [0, 0.1) is 6.92 Å². The second-order valence-electron chi connectivity index (χ2n) is 7.17. The smallest absolute Gasteiger partial charge is 0.260 e. The van der Waals surface area contributed by atoms with E-state index < -0.39 is 0 Å². The maximum absolute atomic E-state index is 13.1. The lowest BCUT2D eigenvalue weighted by atomic mass is 10.1. The summed E-state index contributed by atoms with van der Waals surface area (Å²) < 4.78 is 7.21. The first-order valence-corrected chi connectivity index (χ1v) is 10.1. The molecule has 2 aromatic heterocycles. The molecular weight excluding hydrogens is 390 g/mol. The Morgan fingerprint density at radius 3 is 2.58 bits per heavy atom. The minimum Gasteiger partial charge on any atom is -0.492 e. The third kappa shape index (κ3) is 4.33. The van der Waals surface area contributed by atoms with Crippen LogP contribution in [0.15, 0.2) is 77.7 Å². The third-order valence-electron chi connectivity index (χ3n) is 5.02. The summed E-state index contributed by atoms with van der Waals surface area (Å²) in [7, 11) is 0. The number of aryl methyl sites for hydroxylation is 1. The molecule has 1 amide bonds.